The van der Waals surface area contributed by atoms with Crippen molar-refractivity contribution < 1.29 is 9.90 Å². The molecular weight excluding hydrogens is 276 g/mol. The molecule has 0 saturated heterocycles. The third-order valence-corrected chi connectivity index (χ3v) is 4.39. The monoisotopic (exact) mass is 292 g/mol. The lowest BCUT2D eigenvalue weighted by molar-refractivity contribution is -0.142. The van der Waals surface area contributed by atoms with Gasteiger partial charge >= 0.3 is 5.97 Å². The Labute approximate surface area is 128 Å². The van der Waals surface area contributed by atoms with E-state index in [2.05, 4.69) is 30.3 Å². The second kappa shape index (κ2) is 4.98. The molecule has 3 aromatic rings. The van der Waals surface area contributed by atoms with Crippen LogP contribution in [0.5, 0.6) is 0 Å². The Morgan fingerprint density at radius 1 is 1.18 bits per heavy atom. The van der Waals surface area contributed by atoms with Gasteiger partial charge in [-0.15, -0.1) is 0 Å². The second-order valence-electron chi connectivity index (χ2n) is 5.83. The van der Waals surface area contributed by atoms with Crippen LogP contribution >= 0.6 is 0 Å². The molecule has 0 radical (unpaired) electrons. The number of hydrogen-bond donors (Lipinski definition) is 1. The highest BCUT2D eigenvalue weighted by Gasteiger charge is 2.25. The number of rotatable bonds is 2. The van der Waals surface area contributed by atoms with Crippen molar-refractivity contribution in [3.8, 4) is 11.3 Å². The average molecular weight is 292 g/mol. The van der Waals surface area contributed by atoms with E-state index in [-0.39, 0.29) is 5.92 Å². The van der Waals surface area contributed by atoms with Gasteiger partial charge in [0.2, 0.25) is 0 Å². The fraction of sp³-hybridized carbons (Fsp3) is 0.222. The van der Waals surface area contributed by atoms with E-state index >= 15 is 0 Å². The van der Waals surface area contributed by atoms with Gasteiger partial charge in [0.15, 0.2) is 0 Å². The van der Waals surface area contributed by atoms with Crippen molar-refractivity contribution in [2.24, 2.45) is 5.92 Å². The Morgan fingerprint density at radius 3 is 2.82 bits per heavy atom. The molecule has 4 nitrogen and oxygen atoms in total. The van der Waals surface area contributed by atoms with Crippen LogP contribution in [0.15, 0.2) is 48.7 Å². The lowest BCUT2D eigenvalue weighted by Crippen LogP contribution is -2.26. The largest absolute Gasteiger partial charge is 0.481 e. The summed E-state index contributed by atoms with van der Waals surface area (Å²) in [7, 11) is 0. The zero-order valence-electron chi connectivity index (χ0n) is 12.1. The molecule has 0 aliphatic carbocycles. The molecule has 1 aliphatic heterocycles. The van der Waals surface area contributed by atoms with Crippen LogP contribution in [-0.4, -0.2) is 20.6 Å². The minimum Gasteiger partial charge on any atom is -0.481 e. The van der Waals surface area contributed by atoms with Crippen LogP contribution in [0.3, 0.4) is 0 Å². The molecule has 0 saturated carbocycles. The lowest BCUT2D eigenvalue weighted by Gasteiger charge is -2.19. The normalized spacial score (nSPS) is 17.4. The molecule has 0 bridgehead atoms. The summed E-state index contributed by atoms with van der Waals surface area (Å²) in [4.78, 5) is 15.8. The number of hydrogen-bond acceptors (Lipinski definition) is 2. The van der Waals surface area contributed by atoms with Gasteiger partial charge in [0.25, 0.3) is 0 Å². The molecule has 1 aliphatic rings. The SMILES string of the molecule is O=C(O)C1CCc2nc(-c3ccc4ccccc4c3)cn2C1. The predicted molar refractivity (Wildman–Crippen MR) is 84.6 cm³/mol. The highest BCUT2D eigenvalue weighted by Crippen LogP contribution is 2.27. The van der Waals surface area contributed by atoms with E-state index in [1.165, 1.54) is 10.8 Å². The molecule has 2 heterocycles. The molecule has 4 rings (SSSR count). The number of nitrogens with zero attached hydrogens (tertiary/aromatic N) is 2. The van der Waals surface area contributed by atoms with Crippen LogP contribution in [0.2, 0.25) is 0 Å². The first kappa shape index (κ1) is 13.1. The van der Waals surface area contributed by atoms with E-state index in [9.17, 15) is 9.90 Å². The summed E-state index contributed by atoms with van der Waals surface area (Å²) in [5.74, 6) is -0.0292. The lowest BCUT2D eigenvalue weighted by atomic mass is 10.00. The van der Waals surface area contributed by atoms with Gasteiger partial charge in [-0.1, -0.05) is 36.4 Å². The van der Waals surface area contributed by atoms with Crippen LogP contribution in [0, 0.1) is 5.92 Å². The maximum absolute atomic E-state index is 11.2. The van der Waals surface area contributed by atoms with E-state index in [0.717, 1.165) is 23.5 Å². The summed E-state index contributed by atoms with van der Waals surface area (Å²) < 4.78 is 1.99. The molecule has 22 heavy (non-hydrogen) atoms. The number of carboxylic acid groups (broad SMARTS) is 1. The van der Waals surface area contributed by atoms with E-state index in [1.807, 2.05) is 22.9 Å². The van der Waals surface area contributed by atoms with Gasteiger partial charge in [0.05, 0.1) is 11.6 Å². The number of benzene rings is 2. The second-order valence-corrected chi connectivity index (χ2v) is 5.83. The number of carboxylic acids is 1. The summed E-state index contributed by atoms with van der Waals surface area (Å²) in [6, 6.07) is 14.6. The summed E-state index contributed by atoms with van der Waals surface area (Å²) in [5, 5.41) is 11.6. The van der Waals surface area contributed by atoms with Gasteiger partial charge in [-0.2, -0.15) is 0 Å². The van der Waals surface area contributed by atoms with Crippen molar-refractivity contribution in [3.63, 3.8) is 0 Å². The van der Waals surface area contributed by atoms with Crippen LogP contribution < -0.4 is 0 Å². The highest BCUT2D eigenvalue weighted by atomic mass is 16.4. The molecule has 0 amide bonds. The quantitative estimate of drug-likeness (QED) is 0.788. The number of fused-ring (bicyclic) bond motifs is 2. The Kier molecular flexibility index (Phi) is 2.96. The maximum atomic E-state index is 11.2. The van der Waals surface area contributed by atoms with Crippen molar-refractivity contribution in [2.45, 2.75) is 19.4 Å². The molecule has 1 aromatic heterocycles. The van der Waals surface area contributed by atoms with Crippen LogP contribution in [0.1, 0.15) is 12.2 Å². The molecule has 1 atom stereocenters. The first-order valence-electron chi connectivity index (χ1n) is 7.49. The number of aryl methyl sites for hydroxylation is 1. The zero-order chi connectivity index (χ0) is 15.1. The van der Waals surface area contributed by atoms with Gasteiger partial charge in [-0.25, -0.2) is 4.98 Å². The maximum Gasteiger partial charge on any atom is 0.308 e. The van der Waals surface area contributed by atoms with E-state index in [0.29, 0.717) is 13.0 Å². The topological polar surface area (TPSA) is 55.1 Å². The molecule has 1 unspecified atom stereocenters. The van der Waals surface area contributed by atoms with Crippen molar-refractivity contribution in [2.75, 3.05) is 0 Å². The Hall–Kier alpha value is -2.62. The number of imidazole rings is 1. The zero-order valence-corrected chi connectivity index (χ0v) is 12.1. The summed E-state index contributed by atoms with van der Waals surface area (Å²) >= 11 is 0. The van der Waals surface area contributed by atoms with Gasteiger partial charge in [-0.3, -0.25) is 4.79 Å². The van der Waals surface area contributed by atoms with Gasteiger partial charge in [-0.05, 0) is 23.3 Å². The first-order valence-corrected chi connectivity index (χ1v) is 7.49. The number of aliphatic carboxylic acids is 1. The minimum atomic E-state index is -0.716. The van der Waals surface area contributed by atoms with Crippen molar-refractivity contribution in [1.29, 1.82) is 0 Å². The van der Waals surface area contributed by atoms with Gasteiger partial charge in [0.1, 0.15) is 5.82 Å². The predicted octanol–water partition coefficient (Wildman–Crippen LogP) is 3.35. The minimum absolute atomic E-state index is 0.300. The van der Waals surface area contributed by atoms with E-state index in [1.54, 1.807) is 0 Å². The Morgan fingerprint density at radius 2 is 2.00 bits per heavy atom. The van der Waals surface area contributed by atoms with E-state index < -0.39 is 5.97 Å². The third-order valence-electron chi connectivity index (χ3n) is 4.39. The van der Waals surface area contributed by atoms with Crippen LogP contribution in [-0.2, 0) is 17.8 Å². The molecule has 4 heteroatoms. The number of carbonyl (C=O) groups is 1. The Balaban J connectivity index is 1.72. The molecule has 2 aromatic carbocycles. The molecular formula is C18H16N2O2. The molecule has 1 N–H and O–H groups in total. The van der Waals surface area contributed by atoms with Crippen LogP contribution in [0.25, 0.3) is 22.0 Å². The van der Waals surface area contributed by atoms with Crippen LogP contribution in [0.4, 0.5) is 0 Å². The third kappa shape index (κ3) is 2.17. The standard InChI is InChI=1S/C18H16N2O2/c21-18(22)15-7-8-17-19-16(11-20(17)10-15)14-6-5-12-3-1-2-4-13(12)9-14/h1-6,9,11,15H,7-8,10H2,(H,21,22). The van der Waals surface area contributed by atoms with Gasteiger partial charge in [0, 0.05) is 24.7 Å². The molecule has 110 valence electrons. The molecule has 0 fully saturated rings. The fourth-order valence-electron chi connectivity index (χ4n) is 3.13. The highest BCUT2D eigenvalue weighted by molar-refractivity contribution is 5.86. The van der Waals surface area contributed by atoms with Crippen molar-refractivity contribution >= 4 is 16.7 Å². The summed E-state index contributed by atoms with van der Waals surface area (Å²) in [6.07, 6.45) is 3.38. The number of aromatic nitrogens is 2. The van der Waals surface area contributed by atoms with E-state index in [4.69, 9.17) is 4.98 Å². The van der Waals surface area contributed by atoms with Gasteiger partial charge < -0.3 is 9.67 Å². The summed E-state index contributed by atoms with van der Waals surface area (Å²) in [5.41, 5.74) is 2.00. The summed E-state index contributed by atoms with van der Waals surface area (Å²) in [6.45, 7) is 0.519. The van der Waals surface area contributed by atoms with Crippen molar-refractivity contribution in [3.05, 3.63) is 54.5 Å². The fourth-order valence-corrected chi connectivity index (χ4v) is 3.13. The average Bonchev–Trinajstić information content (AvgIpc) is 2.97. The molecule has 0 spiro atoms. The smallest absolute Gasteiger partial charge is 0.308 e. The van der Waals surface area contributed by atoms with Crippen molar-refractivity contribution in [1.82, 2.24) is 9.55 Å². The Bertz CT molecular complexity index is 866. The first-order chi connectivity index (χ1) is 10.7.